The molecule has 5 nitrogen and oxygen atoms in total. The topological polar surface area (TPSA) is 71.4 Å². The van der Waals surface area contributed by atoms with Crippen molar-refractivity contribution in [1.82, 2.24) is 9.88 Å². The number of aromatic amines is 1. The average molecular weight is 370 g/mol. The van der Waals surface area contributed by atoms with Crippen LogP contribution in [0.2, 0.25) is 5.02 Å². The Labute approximate surface area is 156 Å². The highest BCUT2D eigenvalue weighted by atomic mass is 35.5. The van der Waals surface area contributed by atoms with Crippen LogP contribution in [0.1, 0.15) is 17.2 Å². The van der Waals surface area contributed by atoms with Crippen molar-refractivity contribution < 1.29 is 9.53 Å². The van der Waals surface area contributed by atoms with Gasteiger partial charge in [0.15, 0.2) is 6.23 Å². The number of H-pyrrole nitrogens is 1. The summed E-state index contributed by atoms with van der Waals surface area (Å²) in [6, 6.07) is 15.9. The standard InChI is InChI=1S/C20H20ClN3O2/c21-15-6-7-17-16(10-15)14(11-23-17)8-9-24-18(12-26-20(24)19(22)25)13-4-2-1-3-5-13/h1-7,10-11,18,20,23H,8-9,12H2,(H2,22,25). The van der Waals surface area contributed by atoms with Crippen molar-refractivity contribution >= 4 is 28.4 Å². The Morgan fingerprint density at radius 3 is 2.85 bits per heavy atom. The molecular weight excluding hydrogens is 350 g/mol. The van der Waals surface area contributed by atoms with Crippen molar-refractivity contribution in [3.8, 4) is 0 Å². The molecule has 0 spiro atoms. The second-order valence-corrected chi connectivity index (χ2v) is 6.94. The fraction of sp³-hybridized carbons (Fsp3) is 0.250. The second-order valence-electron chi connectivity index (χ2n) is 6.51. The number of halogens is 1. The van der Waals surface area contributed by atoms with Crippen LogP contribution in [0.3, 0.4) is 0 Å². The van der Waals surface area contributed by atoms with Gasteiger partial charge in [-0.3, -0.25) is 9.69 Å². The number of carbonyl (C=O) groups is 1. The molecule has 1 aliphatic rings. The minimum absolute atomic E-state index is 0.0162. The number of hydrogen-bond acceptors (Lipinski definition) is 3. The lowest BCUT2D eigenvalue weighted by molar-refractivity contribution is -0.133. The summed E-state index contributed by atoms with van der Waals surface area (Å²) in [6.07, 6.45) is 2.06. The largest absolute Gasteiger partial charge is 0.366 e. The minimum Gasteiger partial charge on any atom is -0.366 e. The summed E-state index contributed by atoms with van der Waals surface area (Å²) >= 11 is 6.14. The highest BCUT2D eigenvalue weighted by Gasteiger charge is 2.38. The molecule has 2 unspecified atom stereocenters. The molecule has 3 aromatic rings. The number of carbonyl (C=O) groups excluding carboxylic acids is 1. The third-order valence-electron chi connectivity index (χ3n) is 4.91. The number of hydrogen-bond donors (Lipinski definition) is 2. The van der Waals surface area contributed by atoms with Crippen molar-refractivity contribution in [3.63, 3.8) is 0 Å². The first-order chi connectivity index (χ1) is 12.6. The van der Waals surface area contributed by atoms with Crippen LogP contribution in [-0.2, 0) is 16.0 Å². The van der Waals surface area contributed by atoms with E-state index in [4.69, 9.17) is 22.1 Å². The number of nitrogens with zero attached hydrogens (tertiary/aromatic N) is 1. The van der Waals surface area contributed by atoms with E-state index < -0.39 is 12.1 Å². The zero-order valence-electron chi connectivity index (χ0n) is 14.2. The highest BCUT2D eigenvalue weighted by Crippen LogP contribution is 2.31. The zero-order valence-corrected chi connectivity index (χ0v) is 14.9. The molecule has 4 rings (SSSR count). The number of amides is 1. The Hall–Kier alpha value is -2.34. The number of aromatic nitrogens is 1. The molecule has 1 aliphatic heterocycles. The molecular formula is C20H20ClN3O2. The average Bonchev–Trinajstić information content (AvgIpc) is 3.24. The predicted octanol–water partition coefficient (Wildman–Crippen LogP) is 3.25. The summed E-state index contributed by atoms with van der Waals surface area (Å²) in [6.45, 7) is 1.12. The Morgan fingerprint density at radius 1 is 1.27 bits per heavy atom. The quantitative estimate of drug-likeness (QED) is 0.725. The first-order valence-corrected chi connectivity index (χ1v) is 8.98. The van der Waals surface area contributed by atoms with Gasteiger partial charge in [0.25, 0.3) is 5.91 Å². The van der Waals surface area contributed by atoms with E-state index in [0.29, 0.717) is 18.2 Å². The Balaban J connectivity index is 1.58. The fourth-order valence-corrected chi connectivity index (χ4v) is 3.80. The normalized spacial score (nSPS) is 20.7. The van der Waals surface area contributed by atoms with E-state index in [-0.39, 0.29) is 6.04 Å². The SMILES string of the molecule is NC(=O)C1OCC(c2ccccc2)N1CCc1c[nH]c2ccc(Cl)cc12. The van der Waals surface area contributed by atoms with E-state index in [9.17, 15) is 4.79 Å². The number of fused-ring (bicyclic) bond motifs is 1. The molecule has 0 saturated carbocycles. The third-order valence-corrected chi connectivity index (χ3v) is 5.15. The van der Waals surface area contributed by atoms with Gasteiger partial charge in [0.1, 0.15) is 0 Å². The van der Waals surface area contributed by atoms with Gasteiger partial charge in [-0.15, -0.1) is 0 Å². The lowest BCUT2D eigenvalue weighted by Gasteiger charge is -2.26. The molecule has 0 aliphatic carbocycles. The summed E-state index contributed by atoms with van der Waals surface area (Å²) in [4.78, 5) is 17.1. The van der Waals surface area contributed by atoms with Crippen molar-refractivity contribution in [1.29, 1.82) is 0 Å². The number of primary amides is 1. The first kappa shape index (κ1) is 17.1. The number of rotatable bonds is 5. The van der Waals surface area contributed by atoms with E-state index >= 15 is 0 Å². The van der Waals surface area contributed by atoms with Gasteiger partial charge in [-0.1, -0.05) is 41.9 Å². The maximum Gasteiger partial charge on any atom is 0.261 e. The van der Waals surface area contributed by atoms with E-state index in [0.717, 1.165) is 28.5 Å². The molecule has 2 atom stereocenters. The highest BCUT2D eigenvalue weighted by molar-refractivity contribution is 6.31. The molecule has 2 aromatic carbocycles. The van der Waals surface area contributed by atoms with Gasteiger partial charge >= 0.3 is 0 Å². The fourth-order valence-electron chi connectivity index (χ4n) is 3.63. The van der Waals surface area contributed by atoms with E-state index in [2.05, 4.69) is 17.1 Å². The van der Waals surface area contributed by atoms with E-state index in [1.807, 2.05) is 47.5 Å². The van der Waals surface area contributed by atoms with Crippen LogP contribution in [0.5, 0.6) is 0 Å². The summed E-state index contributed by atoms with van der Waals surface area (Å²) in [5, 5.41) is 1.81. The van der Waals surface area contributed by atoms with Crippen molar-refractivity contribution in [3.05, 3.63) is 70.9 Å². The van der Waals surface area contributed by atoms with Gasteiger partial charge in [-0.2, -0.15) is 0 Å². The van der Waals surface area contributed by atoms with Crippen molar-refractivity contribution in [2.24, 2.45) is 5.73 Å². The van der Waals surface area contributed by atoms with Gasteiger partial charge < -0.3 is 15.5 Å². The summed E-state index contributed by atoms with van der Waals surface area (Å²) < 4.78 is 5.69. The Kier molecular flexibility index (Phi) is 4.68. The summed E-state index contributed by atoms with van der Waals surface area (Å²) in [5.74, 6) is -0.453. The number of benzene rings is 2. The van der Waals surface area contributed by atoms with Crippen LogP contribution >= 0.6 is 11.6 Å². The zero-order chi connectivity index (χ0) is 18.1. The molecule has 26 heavy (non-hydrogen) atoms. The molecule has 134 valence electrons. The van der Waals surface area contributed by atoms with Gasteiger partial charge in [0, 0.05) is 28.7 Å². The van der Waals surface area contributed by atoms with Crippen LogP contribution in [0.15, 0.2) is 54.7 Å². The third kappa shape index (κ3) is 3.21. The molecule has 0 radical (unpaired) electrons. The predicted molar refractivity (Wildman–Crippen MR) is 102 cm³/mol. The van der Waals surface area contributed by atoms with Crippen molar-refractivity contribution in [2.75, 3.05) is 13.2 Å². The first-order valence-electron chi connectivity index (χ1n) is 8.60. The smallest absolute Gasteiger partial charge is 0.261 e. The summed E-state index contributed by atoms with van der Waals surface area (Å²) in [7, 11) is 0. The van der Waals surface area contributed by atoms with Gasteiger partial charge in [-0.25, -0.2) is 0 Å². The van der Waals surface area contributed by atoms with E-state index in [1.165, 1.54) is 0 Å². The van der Waals surface area contributed by atoms with Crippen molar-refractivity contribution in [2.45, 2.75) is 18.7 Å². The minimum atomic E-state index is -0.700. The van der Waals surface area contributed by atoms with Crippen LogP contribution in [0, 0.1) is 0 Å². The van der Waals surface area contributed by atoms with Gasteiger partial charge in [0.2, 0.25) is 0 Å². The molecule has 0 bridgehead atoms. The number of nitrogens with two attached hydrogens (primary N) is 1. The molecule has 1 saturated heterocycles. The van der Waals surface area contributed by atoms with Crippen LogP contribution in [0.25, 0.3) is 10.9 Å². The van der Waals surface area contributed by atoms with Gasteiger partial charge in [0.05, 0.1) is 12.6 Å². The lowest BCUT2D eigenvalue weighted by Crippen LogP contribution is -2.43. The molecule has 1 amide bonds. The molecule has 6 heteroatoms. The Morgan fingerprint density at radius 2 is 2.08 bits per heavy atom. The maximum atomic E-state index is 11.8. The molecule has 1 fully saturated rings. The Bertz CT molecular complexity index is 925. The maximum absolute atomic E-state index is 11.8. The molecule has 2 heterocycles. The lowest BCUT2D eigenvalue weighted by atomic mass is 10.1. The molecule has 3 N–H and O–H groups in total. The van der Waals surface area contributed by atoms with Crippen LogP contribution in [0.4, 0.5) is 0 Å². The monoisotopic (exact) mass is 369 g/mol. The van der Waals surface area contributed by atoms with Gasteiger partial charge in [-0.05, 0) is 35.7 Å². The molecule has 1 aromatic heterocycles. The number of nitrogens with one attached hydrogen (secondary N) is 1. The number of ether oxygens (including phenoxy) is 1. The van der Waals surface area contributed by atoms with Crippen LogP contribution < -0.4 is 5.73 Å². The van der Waals surface area contributed by atoms with E-state index in [1.54, 1.807) is 0 Å². The second kappa shape index (κ2) is 7.11. The van der Waals surface area contributed by atoms with Crippen LogP contribution in [-0.4, -0.2) is 35.2 Å². The summed E-state index contributed by atoms with van der Waals surface area (Å²) in [5.41, 5.74) is 8.89.